The van der Waals surface area contributed by atoms with Gasteiger partial charge in [0.1, 0.15) is 0 Å². The summed E-state index contributed by atoms with van der Waals surface area (Å²) in [6, 6.07) is 10.5. The quantitative estimate of drug-likeness (QED) is 0.745. The summed E-state index contributed by atoms with van der Waals surface area (Å²) >= 11 is 0. The number of nitrogens with zero attached hydrogens (tertiary/aromatic N) is 4. The van der Waals surface area contributed by atoms with Crippen LogP contribution in [0, 0.1) is 0 Å². The molecule has 0 fully saturated rings. The molecule has 6 heteroatoms. The van der Waals surface area contributed by atoms with Crippen molar-refractivity contribution in [2.24, 2.45) is 0 Å². The molecule has 0 aliphatic carbocycles. The fraction of sp³-hybridized carbons (Fsp3) is 0.500. The zero-order chi connectivity index (χ0) is 14.4. The summed E-state index contributed by atoms with van der Waals surface area (Å²) in [5.41, 5.74) is 0.974. The van der Waals surface area contributed by atoms with Gasteiger partial charge in [-0.25, -0.2) is 0 Å². The van der Waals surface area contributed by atoms with Gasteiger partial charge in [-0.2, -0.15) is 4.68 Å². The van der Waals surface area contributed by atoms with Crippen molar-refractivity contribution in [2.45, 2.75) is 32.9 Å². The van der Waals surface area contributed by atoms with Gasteiger partial charge in [0.05, 0.1) is 11.7 Å². The normalized spacial score (nSPS) is 12.8. The van der Waals surface area contributed by atoms with E-state index in [4.69, 9.17) is 0 Å². The molecule has 1 heterocycles. The Labute approximate surface area is 119 Å². The number of tetrazole rings is 1. The highest BCUT2D eigenvalue weighted by atomic mass is 15.5. The van der Waals surface area contributed by atoms with Crippen LogP contribution in [0.4, 0.5) is 0 Å². The van der Waals surface area contributed by atoms with E-state index in [-0.39, 0.29) is 6.04 Å². The summed E-state index contributed by atoms with van der Waals surface area (Å²) in [4.78, 5) is 0. The predicted molar refractivity (Wildman–Crippen MR) is 78.7 cm³/mol. The van der Waals surface area contributed by atoms with Gasteiger partial charge in [-0.15, -0.1) is 5.10 Å². The van der Waals surface area contributed by atoms with E-state index in [1.54, 1.807) is 4.68 Å². The second-order valence-electron chi connectivity index (χ2n) is 5.07. The van der Waals surface area contributed by atoms with Gasteiger partial charge < -0.3 is 10.6 Å². The smallest absolute Gasteiger partial charge is 0.173 e. The standard InChI is InChI=1S/C14H22N6/c1-11(2)15-9-10-16-12(3)14-17-18-19-20(14)13-7-5-4-6-8-13/h4-8,11-12,15-16H,9-10H2,1-3H3/t12-/m0/s1. The molecule has 1 aromatic heterocycles. The molecular weight excluding hydrogens is 252 g/mol. The van der Waals surface area contributed by atoms with Gasteiger partial charge in [-0.3, -0.25) is 0 Å². The van der Waals surface area contributed by atoms with Crippen LogP contribution >= 0.6 is 0 Å². The number of aromatic nitrogens is 4. The van der Waals surface area contributed by atoms with Crippen LogP contribution in [0.25, 0.3) is 5.69 Å². The van der Waals surface area contributed by atoms with Crippen molar-refractivity contribution >= 4 is 0 Å². The average molecular weight is 274 g/mol. The Balaban J connectivity index is 1.97. The Hall–Kier alpha value is -1.79. The molecule has 1 aromatic carbocycles. The Bertz CT molecular complexity index is 507. The molecule has 0 saturated carbocycles. The monoisotopic (exact) mass is 274 g/mol. The number of para-hydroxylation sites is 1. The van der Waals surface area contributed by atoms with E-state index < -0.39 is 0 Å². The lowest BCUT2D eigenvalue weighted by Crippen LogP contribution is -2.33. The van der Waals surface area contributed by atoms with Crippen LogP contribution < -0.4 is 10.6 Å². The molecule has 0 amide bonds. The van der Waals surface area contributed by atoms with Crippen molar-refractivity contribution < 1.29 is 0 Å². The number of nitrogens with one attached hydrogen (secondary N) is 2. The van der Waals surface area contributed by atoms with Gasteiger partial charge >= 0.3 is 0 Å². The Kier molecular flexibility index (Phi) is 5.20. The zero-order valence-electron chi connectivity index (χ0n) is 12.2. The second kappa shape index (κ2) is 7.12. The minimum Gasteiger partial charge on any atom is -0.313 e. The lowest BCUT2D eigenvalue weighted by molar-refractivity contribution is 0.498. The summed E-state index contributed by atoms with van der Waals surface area (Å²) in [7, 11) is 0. The van der Waals surface area contributed by atoms with Crippen LogP contribution in [-0.4, -0.2) is 39.3 Å². The van der Waals surface area contributed by atoms with E-state index in [0.717, 1.165) is 24.6 Å². The summed E-state index contributed by atoms with van der Waals surface area (Å²) in [5, 5.41) is 18.8. The highest BCUT2D eigenvalue weighted by molar-refractivity contribution is 5.30. The molecule has 0 aliphatic rings. The maximum absolute atomic E-state index is 4.13. The van der Waals surface area contributed by atoms with E-state index in [1.807, 2.05) is 30.3 Å². The minimum absolute atomic E-state index is 0.0965. The number of benzene rings is 1. The first-order valence-electron chi connectivity index (χ1n) is 6.99. The summed E-state index contributed by atoms with van der Waals surface area (Å²) < 4.78 is 1.77. The van der Waals surface area contributed by atoms with Crippen molar-refractivity contribution in [3.05, 3.63) is 36.2 Å². The van der Waals surface area contributed by atoms with E-state index >= 15 is 0 Å². The molecule has 108 valence electrons. The topological polar surface area (TPSA) is 67.7 Å². The minimum atomic E-state index is 0.0965. The predicted octanol–water partition coefficient (Wildman–Crippen LogP) is 1.31. The molecule has 20 heavy (non-hydrogen) atoms. The molecule has 2 N–H and O–H groups in total. The van der Waals surface area contributed by atoms with Crippen molar-refractivity contribution in [2.75, 3.05) is 13.1 Å². The fourth-order valence-corrected chi connectivity index (χ4v) is 1.96. The van der Waals surface area contributed by atoms with Crippen LogP contribution in [0.15, 0.2) is 30.3 Å². The van der Waals surface area contributed by atoms with E-state index in [0.29, 0.717) is 6.04 Å². The molecule has 0 bridgehead atoms. The van der Waals surface area contributed by atoms with Crippen molar-refractivity contribution in [1.29, 1.82) is 0 Å². The SMILES string of the molecule is CC(C)NCCN[C@@H](C)c1nnnn1-c1ccccc1. The van der Waals surface area contributed by atoms with Gasteiger partial charge in [0.25, 0.3) is 0 Å². The summed E-state index contributed by atoms with van der Waals surface area (Å²) in [5.74, 6) is 0.820. The third kappa shape index (κ3) is 3.85. The molecule has 2 aromatic rings. The molecular formula is C14H22N6. The van der Waals surface area contributed by atoms with Crippen molar-refractivity contribution in [3.8, 4) is 5.69 Å². The van der Waals surface area contributed by atoms with Gasteiger partial charge in [0.2, 0.25) is 0 Å². The molecule has 0 unspecified atom stereocenters. The highest BCUT2D eigenvalue weighted by Crippen LogP contribution is 2.12. The molecule has 2 rings (SSSR count). The van der Waals surface area contributed by atoms with Crippen LogP contribution in [-0.2, 0) is 0 Å². The second-order valence-corrected chi connectivity index (χ2v) is 5.07. The Morgan fingerprint density at radius 3 is 2.45 bits per heavy atom. The first-order chi connectivity index (χ1) is 9.68. The molecule has 0 spiro atoms. The van der Waals surface area contributed by atoms with Crippen LogP contribution in [0.1, 0.15) is 32.6 Å². The van der Waals surface area contributed by atoms with E-state index in [2.05, 4.69) is 46.9 Å². The summed E-state index contributed by atoms with van der Waals surface area (Å²) in [6.45, 7) is 8.15. The fourth-order valence-electron chi connectivity index (χ4n) is 1.96. The van der Waals surface area contributed by atoms with Crippen LogP contribution in [0.3, 0.4) is 0 Å². The van der Waals surface area contributed by atoms with Crippen molar-refractivity contribution in [1.82, 2.24) is 30.8 Å². The van der Waals surface area contributed by atoms with Crippen LogP contribution in [0.5, 0.6) is 0 Å². The first-order valence-corrected chi connectivity index (χ1v) is 6.99. The molecule has 6 nitrogen and oxygen atoms in total. The number of hydrogen-bond donors (Lipinski definition) is 2. The largest absolute Gasteiger partial charge is 0.313 e. The number of hydrogen-bond acceptors (Lipinski definition) is 5. The van der Waals surface area contributed by atoms with Gasteiger partial charge in [-0.1, -0.05) is 32.0 Å². The van der Waals surface area contributed by atoms with Gasteiger partial charge in [-0.05, 0) is 29.5 Å². The third-order valence-electron chi connectivity index (χ3n) is 3.01. The van der Waals surface area contributed by atoms with Gasteiger partial charge in [0, 0.05) is 19.1 Å². The first kappa shape index (κ1) is 14.6. The molecule has 1 atom stereocenters. The van der Waals surface area contributed by atoms with Crippen molar-refractivity contribution in [3.63, 3.8) is 0 Å². The molecule has 0 saturated heterocycles. The Morgan fingerprint density at radius 2 is 1.75 bits per heavy atom. The highest BCUT2D eigenvalue weighted by Gasteiger charge is 2.14. The van der Waals surface area contributed by atoms with E-state index in [1.165, 1.54) is 0 Å². The maximum atomic E-state index is 4.13. The van der Waals surface area contributed by atoms with E-state index in [9.17, 15) is 0 Å². The number of rotatable bonds is 7. The van der Waals surface area contributed by atoms with Crippen LogP contribution in [0.2, 0.25) is 0 Å². The third-order valence-corrected chi connectivity index (χ3v) is 3.01. The lowest BCUT2D eigenvalue weighted by Gasteiger charge is -2.14. The summed E-state index contributed by atoms with van der Waals surface area (Å²) in [6.07, 6.45) is 0. The lowest BCUT2D eigenvalue weighted by atomic mass is 10.2. The van der Waals surface area contributed by atoms with Gasteiger partial charge in [0.15, 0.2) is 5.82 Å². The average Bonchev–Trinajstić information content (AvgIpc) is 2.93. The maximum Gasteiger partial charge on any atom is 0.173 e. The Morgan fingerprint density at radius 1 is 1.05 bits per heavy atom. The zero-order valence-corrected chi connectivity index (χ0v) is 12.2. The molecule has 0 aliphatic heterocycles. The molecule has 0 radical (unpaired) electrons.